The lowest BCUT2D eigenvalue weighted by Gasteiger charge is -2.08. The van der Waals surface area contributed by atoms with Crippen LogP contribution in [-0.4, -0.2) is 42.0 Å². The van der Waals surface area contributed by atoms with Crippen LogP contribution in [0.15, 0.2) is 21.3 Å². The minimum atomic E-state index is -4.36. The van der Waals surface area contributed by atoms with E-state index < -0.39 is 12.8 Å². The van der Waals surface area contributed by atoms with Crippen LogP contribution in [0.1, 0.15) is 12.3 Å². The van der Waals surface area contributed by atoms with Crippen LogP contribution >= 0.6 is 11.3 Å². The van der Waals surface area contributed by atoms with Crippen molar-refractivity contribution in [2.75, 3.05) is 19.8 Å². The molecule has 0 spiro atoms. The number of hydrogen-bond donors (Lipinski definition) is 1. The fourth-order valence-corrected chi connectivity index (χ4v) is 2.26. The fraction of sp³-hybridized carbons (Fsp3) is 0.462. The van der Waals surface area contributed by atoms with Gasteiger partial charge in [-0.3, -0.25) is 4.79 Å². The highest BCUT2D eigenvalue weighted by molar-refractivity contribution is 7.08. The van der Waals surface area contributed by atoms with Crippen LogP contribution < -0.4 is 5.32 Å². The van der Waals surface area contributed by atoms with Gasteiger partial charge in [0, 0.05) is 30.3 Å². The Morgan fingerprint density at radius 1 is 1.43 bits per heavy atom. The van der Waals surface area contributed by atoms with Crippen molar-refractivity contribution in [1.29, 1.82) is 0 Å². The monoisotopic (exact) mass is 349 g/mol. The summed E-state index contributed by atoms with van der Waals surface area (Å²) in [5, 5.41) is 10.0. The van der Waals surface area contributed by atoms with Crippen LogP contribution in [-0.2, 0) is 16.0 Å². The summed E-state index contributed by atoms with van der Waals surface area (Å²) < 4.78 is 44.9. The molecule has 6 nitrogen and oxygen atoms in total. The SMILES string of the molecule is O=C(CCc1nc(-c2ccsc2)no1)NCCOCC(F)(F)F. The van der Waals surface area contributed by atoms with Crippen LogP contribution in [0, 0.1) is 0 Å². The van der Waals surface area contributed by atoms with Crippen LogP contribution in [0.2, 0.25) is 0 Å². The van der Waals surface area contributed by atoms with Gasteiger partial charge in [-0.2, -0.15) is 29.5 Å². The van der Waals surface area contributed by atoms with E-state index in [2.05, 4.69) is 20.2 Å². The molecule has 2 aromatic heterocycles. The zero-order valence-electron chi connectivity index (χ0n) is 11.9. The number of ether oxygens (including phenoxy) is 1. The molecule has 2 heterocycles. The van der Waals surface area contributed by atoms with Crippen LogP contribution in [0.5, 0.6) is 0 Å². The maximum Gasteiger partial charge on any atom is 0.411 e. The lowest BCUT2D eigenvalue weighted by atomic mass is 10.3. The average molecular weight is 349 g/mol. The first-order chi connectivity index (χ1) is 10.9. The zero-order valence-corrected chi connectivity index (χ0v) is 12.7. The number of halogens is 3. The first kappa shape index (κ1) is 17.4. The van der Waals surface area contributed by atoms with Gasteiger partial charge >= 0.3 is 6.18 Å². The largest absolute Gasteiger partial charge is 0.411 e. The van der Waals surface area contributed by atoms with Crippen LogP contribution in [0.25, 0.3) is 11.4 Å². The molecule has 0 saturated carbocycles. The summed E-state index contributed by atoms with van der Waals surface area (Å²) >= 11 is 1.51. The number of nitrogens with zero attached hydrogens (tertiary/aromatic N) is 2. The third-order valence-corrected chi connectivity index (χ3v) is 3.33. The summed E-state index contributed by atoms with van der Waals surface area (Å²) in [6, 6.07) is 1.85. The number of thiophene rings is 1. The van der Waals surface area contributed by atoms with Crippen molar-refractivity contribution in [3.8, 4) is 11.4 Å². The van der Waals surface area contributed by atoms with Gasteiger partial charge in [-0.05, 0) is 11.4 Å². The molecule has 0 aliphatic heterocycles. The number of nitrogens with one attached hydrogen (secondary N) is 1. The number of amides is 1. The molecular weight excluding hydrogens is 335 g/mol. The van der Waals surface area contributed by atoms with Crippen molar-refractivity contribution in [2.24, 2.45) is 0 Å². The number of rotatable bonds is 8. The lowest BCUT2D eigenvalue weighted by molar-refractivity contribution is -0.173. The highest BCUT2D eigenvalue weighted by Crippen LogP contribution is 2.19. The summed E-state index contributed by atoms with van der Waals surface area (Å²) in [6.45, 7) is -1.51. The lowest BCUT2D eigenvalue weighted by Crippen LogP contribution is -2.29. The van der Waals surface area contributed by atoms with Gasteiger partial charge in [0.25, 0.3) is 0 Å². The average Bonchev–Trinajstić information content (AvgIpc) is 3.14. The molecule has 0 unspecified atom stereocenters. The van der Waals surface area contributed by atoms with Crippen molar-refractivity contribution >= 4 is 17.2 Å². The van der Waals surface area contributed by atoms with E-state index in [1.54, 1.807) is 0 Å². The van der Waals surface area contributed by atoms with E-state index in [0.29, 0.717) is 11.7 Å². The third-order valence-electron chi connectivity index (χ3n) is 2.65. The van der Waals surface area contributed by atoms with Crippen LogP contribution in [0.4, 0.5) is 13.2 Å². The van der Waals surface area contributed by atoms with Gasteiger partial charge in [-0.1, -0.05) is 5.16 Å². The second-order valence-corrected chi connectivity index (χ2v) is 5.32. The molecule has 0 aliphatic carbocycles. The minimum absolute atomic E-state index is 0.0128. The summed E-state index contributed by atoms with van der Waals surface area (Å²) in [5.74, 6) is 0.466. The molecule has 0 bridgehead atoms. The molecule has 1 N–H and O–H groups in total. The smallest absolute Gasteiger partial charge is 0.370 e. The maximum atomic E-state index is 11.8. The first-order valence-electron chi connectivity index (χ1n) is 6.70. The van der Waals surface area contributed by atoms with E-state index in [1.165, 1.54) is 11.3 Å². The quantitative estimate of drug-likeness (QED) is 0.741. The topological polar surface area (TPSA) is 77.2 Å². The Morgan fingerprint density at radius 3 is 2.96 bits per heavy atom. The maximum absolute atomic E-state index is 11.8. The number of alkyl halides is 3. The number of hydrogen-bond acceptors (Lipinski definition) is 6. The second kappa shape index (κ2) is 8.06. The van der Waals surface area contributed by atoms with Crippen molar-refractivity contribution in [3.05, 3.63) is 22.7 Å². The molecule has 0 aromatic carbocycles. The van der Waals surface area contributed by atoms with Crippen molar-refractivity contribution < 1.29 is 27.2 Å². The third kappa shape index (κ3) is 6.37. The first-order valence-corrected chi connectivity index (χ1v) is 7.65. The van der Waals surface area contributed by atoms with Gasteiger partial charge in [-0.25, -0.2) is 0 Å². The van der Waals surface area contributed by atoms with Gasteiger partial charge in [-0.15, -0.1) is 0 Å². The molecule has 0 saturated heterocycles. The van der Waals surface area contributed by atoms with E-state index in [9.17, 15) is 18.0 Å². The molecule has 0 atom stereocenters. The highest BCUT2D eigenvalue weighted by atomic mass is 32.1. The summed E-state index contributed by atoms with van der Waals surface area (Å²) in [6.07, 6.45) is -4.00. The molecule has 0 radical (unpaired) electrons. The summed E-state index contributed by atoms with van der Waals surface area (Å²) in [4.78, 5) is 15.7. The number of aromatic nitrogens is 2. The van der Waals surface area contributed by atoms with E-state index in [0.717, 1.165) is 5.56 Å². The Morgan fingerprint density at radius 2 is 2.26 bits per heavy atom. The zero-order chi connectivity index (χ0) is 16.7. The van der Waals surface area contributed by atoms with Crippen LogP contribution in [0.3, 0.4) is 0 Å². The molecule has 0 aliphatic rings. The number of carbonyl (C=O) groups is 1. The van der Waals surface area contributed by atoms with Gasteiger partial charge in [0.1, 0.15) is 6.61 Å². The number of aryl methyl sites for hydroxylation is 1. The van der Waals surface area contributed by atoms with E-state index in [1.807, 2.05) is 16.8 Å². The fourth-order valence-electron chi connectivity index (χ4n) is 1.62. The Hall–Kier alpha value is -1.94. The Bertz CT molecular complexity index is 614. The molecule has 10 heteroatoms. The Balaban J connectivity index is 1.63. The van der Waals surface area contributed by atoms with E-state index in [4.69, 9.17) is 4.52 Å². The predicted molar refractivity (Wildman–Crippen MR) is 75.8 cm³/mol. The summed E-state index contributed by atoms with van der Waals surface area (Å²) in [7, 11) is 0. The van der Waals surface area contributed by atoms with Crippen molar-refractivity contribution in [2.45, 2.75) is 19.0 Å². The Labute approximate surface area is 133 Å². The van der Waals surface area contributed by atoms with Gasteiger partial charge in [0.05, 0.1) is 6.61 Å². The molecule has 126 valence electrons. The molecule has 2 aromatic rings. The number of carbonyl (C=O) groups excluding carboxylic acids is 1. The molecule has 1 amide bonds. The Kier molecular flexibility index (Phi) is 6.11. The highest BCUT2D eigenvalue weighted by Gasteiger charge is 2.27. The van der Waals surface area contributed by atoms with Crippen molar-refractivity contribution in [3.63, 3.8) is 0 Å². The molecular formula is C13H14F3N3O3S. The van der Waals surface area contributed by atoms with E-state index in [-0.39, 0.29) is 31.9 Å². The summed E-state index contributed by atoms with van der Waals surface area (Å²) in [5.41, 5.74) is 0.844. The molecule has 2 rings (SSSR count). The standard InChI is InChI=1S/C13H14F3N3O3S/c14-13(15,16)8-21-5-4-17-10(20)1-2-11-18-12(19-22-11)9-3-6-23-7-9/h3,6-7H,1-2,4-5,8H2,(H,17,20). The normalized spacial score (nSPS) is 11.6. The van der Waals surface area contributed by atoms with Crippen molar-refractivity contribution in [1.82, 2.24) is 15.5 Å². The van der Waals surface area contributed by atoms with E-state index >= 15 is 0 Å². The second-order valence-electron chi connectivity index (χ2n) is 4.54. The molecule has 23 heavy (non-hydrogen) atoms. The minimum Gasteiger partial charge on any atom is -0.370 e. The van der Waals surface area contributed by atoms with Gasteiger partial charge in [0.2, 0.25) is 17.6 Å². The van der Waals surface area contributed by atoms with Gasteiger partial charge < -0.3 is 14.6 Å². The molecule has 0 fully saturated rings. The predicted octanol–water partition coefficient (Wildman–Crippen LogP) is 2.43. The van der Waals surface area contributed by atoms with Gasteiger partial charge in [0.15, 0.2) is 0 Å².